The number of phosphoric ester groups is 1. The van der Waals surface area contributed by atoms with Crippen molar-refractivity contribution >= 4 is 55.1 Å². The van der Waals surface area contributed by atoms with E-state index in [0.717, 1.165) is 67.4 Å². The van der Waals surface area contributed by atoms with Crippen LogP contribution in [-0.4, -0.2) is 190 Å². The summed E-state index contributed by atoms with van der Waals surface area (Å²) in [7, 11) is -4.98. The third-order valence-corrected chi connectivity index (χ3v) is 14.7. The van der Waals surface area contributed by atoms with Crippen LogP contribution in [0.3, 0.4) is 0 Å². The summed E-state index contributed by atoms with van der Waals surface area (Å²) in [4.78, 5) is 131. The Bertz CT molecular complexity index is 2220. The zero-order chi connectivity index (χ0) is 57.3. The summed E-state index contributed by atoms with van der Waals surface area (Å²) in [5.41, 5.74) is 5.54. The van der Waals surface area contributed by atoms with Gasteiger partial charge in [0.1, 0.15) is 42.0 Å². The first-order valence-electron chi connectivity index (χ1n) is 26.5. The van der Waals surface area contributed by atoms with Crippen LogP contribution in [0.25, 0.3) is 0 Å². The third kappa shape index (κ3) is 20.1. The molecule has 0 radical (unpaired) electrons. The highest BCUT2D eigenvalue weighted by Gasteiger charge is 2.48. The first kappa shape index (κ1) is 64.2. The van der Waals surface area contributed by atoms with Gasteiger partial charge in [-0.25, -0.2) is 4.57 Å². The van der Waals surface area contributed by atoms with Gasteiger partial charge in [0.05, 0.1) is 43.0 Å². The lowest BCUT2D eigenvalue weighted by Gasteiger charge is -2.33. The first-order chi connectivity index (χ1) is 36.2. The number of β-amino-alcohol motifs (C(OH)–C–C–N with tert-alkyl or cyclic N) is 1. The van der Waals surface area contributed by atoms with Crippen LogP contribution < -0.4 is 36.8 Å². The number of amides is 8. The second-order valence-corrected chi connectivity index (χ2v) is 22.1. The standard InChI is InChI=1S/C50H81N8O18P/c1-5-27(2)20-28(3)12-10-8-6-7-9-11-13-40(66)53-34-22-31(60)25-52-48(70)44-36(62)18-19-57(44)50(72)43(38(64)24-39(51)65)56-47(69)42(37(63)21-30-14-16-33(17-15-30)76-77(73,74)75)55-46(68)35-23-32(61)26-58(35)49(71)41(29(4)59)54-45(34)67/h14-17,27-29,31-32,34-38,41-44,59-64H,5-13,18-26H2,1-4H3,(H2,51,65)(H,52,70)(H,53,66)(H,54,67)(H,55,68)(H,56,69)(H2,73,74,75). The summed E-state index contributed by atoms with van der Waals surface area (Å²) in [5.74, 6) is -7.75. The second kappa shape index (κ2) is 30.2. The molecule has 434 valence electrons. The molecule has 0 saturated carbocycles. The minimum absolute atomic E-state index is 0.0178. The first-order valence-corrected chi connectivity index (χ1v) is 28.0. The van der Waals surface area contributed by atoms with Crippen LogP contribution in [-0.2, 0) is 49.3 Å². The number of carbonyl (C=O) groups is 8. The SMILES string of the molecule is CCC(C)CC(C)CCCCCCCCC(=O)NC1CC(O)CNC(=O)C2C(O)CCN2C(=O)C(C(O)CC(N)=O)NC(=O)C(C(O)Cc2ccc(OP(=O)(O)O)cc2)NC(=O)C2CC(O)CN2C(=O)C(C(C)O)NC1=O. The van der Waals surface area contributed by atoms with Crippen LogP contribution in [0.1, 0.15) is 123 Å². The Balaban J connectivity index is 1.67. The van der Waals surface area contributed by atoms with E-state index in [1.807, 2.05) is 0 Å². The summed E-state index contributed by atoms with van der Waals surface area (Å²) < 4.78 is 15.9. The highest BCUT2D eigenvalue weighted by atomic mass is 31.2. The molecule has 27 heteroatoms. The fourth-order valence-electron chi connectivity index (χ4n) is 9.94. The van der Waals surface area contributed by atoms with Crippen molar-refractivity contribution in [1.29, 1.82) is 0 Å². The zero-order valence-electron chi connectivity index (χ0n) is 44.2. The second-order valence-electron chi connectivity index (χ2n) is 20.9. The average Bonchev–Trinajstić information content (AvgIpc) is 3.94. The van der Waals surface area contributed by atoms with Crippen molar-refractivity contribution in [2.24, 2.45) is 17.6 Å². The highest BCUT2D eigenvalue weighted by Crippen LogP contribution is 2.37. The van der Waals surface area contributed by atoms with Crippen LogP contribution >= 0.6 is 7.82 Å². The molecule has 14 atom stereocenters. The maximum Gasteiger partial charge on any atom is 0.524 e. The van der Waals surface area contributed by atoms with Crippen LogP contribution in [0.4, 0.5) is 0 Å². The Labute approximate surface area is 447 Å². The number of nitrogens with one attached hydrogen (secondary N) is 5. The average molecular weight is 1110 g/mol. The van der Waals surface area contributed by atoms with E-state index >= 15 is 0 Å². The fraction of sp³-hybridized carbons (Fsp3) is 0.720. The molecule has 3 saturated heterocycles. The summed E-state index contributed by atoms with van der Waals surface area (Å²) in [6, 6.07) is -6.41. The highest BCUT2D eigenvalue weighted by molar-refractivity contribution is 7.46. The molecule has 14 unspecified atom stereocenters. The van der Waals surface area contributed by atoms with Gasteiger partial charge >= 0.3 is 7.82 Å². The number of rotatable bonds is 22. The number of hydrogen-bond donors (Lipinski definition) is 14. The van der Waals surface area contributed by atoms with E-state index in [9.17, 15) is 83.3 Å². The van der Waals surface area contributed by atoms with Gasteiger partial charge in [-0.05, 0) is 55.7 Å². The molecule has 77 heavy (non-hydrogen) atoms. The Kier molecular flexibility index (Phi) is 25.2. The molecule has 0 bridgehead atoms. The van der Waals surface area contributed by atoms with E-state index in [1.54, 1.807) is 0 Å². The van der Waals surface area contributed by atoms with E-state index in [1.165, 1.54) is 18.6 Å². The van der Waals surface area contributed by atoms with Crippen molar-refractivity contribution in [3.63, 3.8) is 0 Å². The predicted octanol–water partition coefficient (Wildman–Crippen LogP) is -2.38. The number of unbranched alkanes of at least 4 members (excludes halogenated alkanes) is 5. The molecule has 8 amide bonds. The molecule has 0 aliphatic carbocycles. The van der Waals surface area contributed by atoms with E-state index < -0.39 is 167 Å². The molecule has 3 heterocycles. The van der Waals surface area contributed by atoms with Crippen LogP contribution in [0.2, 0.25) is 0 Å². The van der Waals surface area contributed by atoms with E-state index in [2.05, 4.69) is 51.9 Å². The lowest BCUT2D eigenvalue weighted by molar-refractivity contribution is -0.147. The number of aliphatic hydroxyl groups is 6. The predicted molar refractivity (Wildman–Crippen MR) is 274 cm³/mol. The number of phosphoric acid groups is 1. The quantitative estimate of drug-likeness (QED) is 0.0426. The minimum Gasteiger partial charge on any atom is -0.404 e. The number of primary amides is 1. The van der Waals surface area contributed by atoms with Gasteiger partial charge in [-0.3, -0.25) is 48.1 Å². The molecule has 3 aliphatic rings. The zero-order valence-corrected chi connectivity index (χ0v) is 45.1. The Morgan fingerprint density at radius 3 is 2.00 bits per heavy atom. The number of nitrogens with zero attached hydrogens (tertiary/aromatic N) is 2. The van der Waals surface area contributed by atoms with Gasteiger partial charge in [0, 0.05) is 45.3 Å². The maximum atomic E-state index is 14.4. The van der Waals surface area contributed by atoms with Crippen molar-refractivity contribution in [3.05, 3.63) is 29.8 Å². The van der Waals surface area contributed by atoms with Crippen molar-refractivity contribution < 1.29 is 87.9 Å². The Morgan fingerprint density at radius 1 is 0.766 bits per heavy atom. The smallest absolute Gasteiger partial charge is 0.404 e. The normalized spacial score (nSPS) is 27.4. The summed E-state index contributed by atoms with van der Waals surface area (Å²) in [6.45, 7) is 6.32. The van der Waals surface area contributed by atoms with Gasteiger partial charge in [-0.1, -0.05) is 77.8 Å². The molecule has 15 N–H and O–H groups in total. The Morgan fingerprint density at radius 2 is 1.38 bits per heavy atom. The molecule has 3 fully saturated rings. The Hall–Kier alpha value is -5.31. The van der Waals surface area contributed by atoms with E-state index in [-0.39, 0.29) is 30.7 Å². The van der Waals surface area contributed by atoms with Crippen molar-refractivity contribution in [1.82, 2.24) is 36.4 Å². The fourth-order valence-corrected chi connectivity index (χ4v) is 10.3. The van der Waals surface area contributed by atoms with E-state index in [4.69, 9.17) is 5.73 Å². The minimum atomic E-state index is -4.98. The number of nitrogens with two attached hydrogens (primary N) is 1. The number of aliphatic hydroxyl groups excluding tert-OH is 6. The van der Waals surface area contributed by atoms with Crippen molar-refractivity contribution in [2.75, 3.05) is 19.6 Å². The molecule has 1 aromatic carbocycles. The van der Waals surface area contributed by atoms with Gasteiger partial charge in [-0.15, -0.1) is 0 Å². The van der Waals surface area contributed by atoms with Gasteiger partial charge in [-0.2, -0.15) is 0 Å². The van der Waals surface area contributed by atoms with Crippen LogP contribution in [0, 0.1) is 11.8 Å². The van der Waals surface area contributed by atoms with E-state index in [0.29, 0.717) is 24.7 Å². The number of fused-ring (bicyclic) bond motifs is 2. The lowest BCUT2D eigenvalue weighted by atomic mass is 9.91. The summed E-state index contributed by atoms with van der Waals surface area (Å²) >= 11 is 0. The van der Waals surface area contributed by atoms with Gasteiger partial charge in [0.15, 0.2) is 0 Å². The molecule has 3 aliphatic heterocycles. The van der Waals surface area contributed by atoms with Gasteiger partial charge in [0.25, 0.3) is 0 Å². The van der Waals surface area contributed by atoms with Crippen molar-refractivity contribution in [3.8, 4) is 5.75 Å². The third-order valence-electron chi connectivity index (χ3n) is 14.3. The van der Waals surface area contributed by atoms with Gasteiger partial charge < -0.3 is 77.3 Å². The molecular weight excluding hydrogens is 1030 g/mol. The van der Waals surface area contributed by atoms with Gasteiger partial charge in [0.2, 0.25) is 47.3 Å². The largest absolute Gasteiger partial charge is 0.524 e. The van der Waals surface area contributed by atoms with Crippen LogP contribution in [0.15, 0.2) is 24.3 Å². The molecular formula is C50H81N8O18P. The maximum absolute atomic E-state index is 14.4. The monoisotopic (exact) mass is 1110 g/mol. The molecule has 0 aromatic heterocycles. The number of carbonyl (C=O) groups excluding carboxylic acids is 8. The molecule has 4 rings (SSSR count). The molecule has 26 nitrogen and oxygen atoms in total. The van der Waals surface area contributed by atoms with Crippen LogP contribution in [0.5, 0.6) is 5.75 Å². The molecule has 0 spiro atoms. The number of benzene rings is 1. The summed E-state index contributed by atoms with van der Waals surface area (Å²) in [6.07, 6.45) is -4.50. The topological polar surface area (TPSA) is 417 Å². The number of hydrogen-bond acceptors (Lipinski definition) is 16. The molecule has 1 aromatic rings. The summed E-state index contributed by atoms with van der Waals surface area (Å²) in [5, 5.41) is 79.0. The van der Waals surface area contributed by atoms with Crippen molar-refractivity contribution in [2.45, 2.75) is 197 Å². The lowest BCUT2D eigenvalue weighted by Crippen LogP contribution is -2.64.